The van der Waals surface area contributed by atoms with Gasteiger partial charge in [0.15, 0.2) is 0 Å². The van der Waals surface area contributed by atoms with Gasteiger partial charge < -0.3 is 9.84 Å². The van der Waals surface area contributed by atoms with Crippen molar-refractivity contribution in [2.75, 3.05) is 7.11 Å². The van der Waals surface area contributed by atoms with Crippen LogP contribution in [0.3, 0.4) is 0 Å². The van der Waals surface area contributed by atoms with Crippen LogP contribution in [0.2, 0.25) is 0 Å². The van der Waals surface area contributed by atoms with Crippen LogP contribution in [-0.4, -0.2) is 12.2 Å². The van der Waals surface area contributed by atoms with Crippen molar-refractivity contribution in [3.63, 3.8) is 0 Å². The third kappa shape index (κ3) is 4.66. The predicted molar refractivity (Wildman–Crippen MR) is 93.4 cm³/mol. The molecular formula is C20H28O2. The highest BCUT2D eigenvalue weighted by atomic mass is 16.5. The number of allylic oxidation sites excluding steroid dienone is 3. The van der Waals surface area contributed by atoms with Gasteiger partial charge in [0, 0.05) is 5.56 Å². The van der Waals surface area contributed by atoms with E-state index < -0.39 is 0 Å². The highest BCUT2D eigenvalue weighted by Gasteiger charge is 2.11. The lowest BCUT2D eigenvalue weighted by Gasteiger charge is -2.17. The summed E-state index contributed by atoms with van der Waals surface area (Å²) in [6, 6.07) is 3.86. The van der Waals surface area contributed by atoms with E-state index in [1.165, 1.54) is 37.7 Å². The zero-order chi connectivity index (χ0) is 15.9. The van der Waals surface area contributed by atoms with E-state index in [1.807, 2.05) is 12.1 Å². The van der Waals surface area contributed by atoms with E-state index in [1.54, 1.807) is 7.11 Å². The maximum atomic E-state index is 10.3. The molecular weight excluding hydrogens is 272 g/mol. The first-order valence-electron chi connectivity index (χ1n) is 8.31. The molecule has 1 aromatic carbocycles. The van der Waals surface area contributed by atoms with Crippen LogP contribution in [-0.2, 0) is 6.42 Å². The van der Waals surface area contributed by atoms with Crippen LogP contribution in [0.1, 0.15) is 57.1 Å². The Balaban J connectivity index is 2.17. The van der Waals surface area contributed by atoms with E-state index in [-0.39, 0.29) is 0 Å². The van der Waals surface area contributed by atoms with E-state index in [0.29, 0.717) is 18.1 Å². The normalized spacial score (nSPS) is 16.0. The minimum Gasteiger partial charge on any atom is -0.507 e. The molecule has 1 saturated carbocycles. The lowest BCUT2D eigenvalue weighted by molar-refractivity contribution is 0.401. The van der Waals surface area contributed by atoms with Crippen molar-refractivity contribution in [2.24, 2.45) is 5.92 Å². The standard InChI is InChI=1S/C20H28O2/c1-15(2)9-12-18-19(21)13-17(14-20(18)22-3)11-10-16-7-5-4-6-8-16/h9-11,13-14,16,21H,4-8,12H2,1-3H3. The molecule has 2 heteroatoms. The van der Waals surface area contributed by atoms with Gasteiger partial charge in [-0.1, -0.05) is 43.1 Å². The molecule has 1 aliphatic carbocycles. The summed E-state index contributed by atoms with van der Waals surface area (Å²) < 4.78 is 5.47. The summed E-state index contributed by atoms with van der Waals surface area (Å²) in [5.41, 5.74) is 3.11. The first-order valence-corrected chi connectivity index (χ1v) is 8.31. The van der Waals surface area contributed by atoms with Crippen molar-refractivity contribution in [1.29, 1.82) is 0 Å². The van der Waals surface area contributed by atoms with E-state index in [0.717, 1.165) is 16.9 Å². The average Bonchev–Trinajstić information content (AvgIpc) is 2.52. The summed E-state index contributed by atoms with van der Waals surface area (Å²) in [6.07, 6.45) is 13.9. The molecule has 0 unspecified atom stereocenters. The second-order valence-corrected chi connectivity index (χ2v) is 6.46. The number of rotatable bonds is 5. The molecule has 2 nitrogen and oxygen atoms in total. The molecule has 0 bridgehead atoms. The largest absolute Gasteiger partial charge is 0.507 e. The Morgan fingerprint density at radius 1 is 1.23 bits per heavy atom. The molecule has 0 heterocycles. The van der Waals surface area contributed by atoms with Crippen LogP contribution in [0.15, 0.2) is 29.9 Å². The lowest BCUT2D eigenvalue weighted by atomic mass is 9.88. The monoisotopic (exact) mass is 300 g/mol. The van der Waals surface area contributed by atoms with Gasteiger partial charge >= 0.3 is 0 Å². The van der Waals surface area contributed by atoms with E-state index in [4.69, 9.17) is 4.74 Å². The fourth-order valence-corrected chi connectivity index (χ4v) is 3.01. The van der Waals surface area contributed by atoms with Gasteiger partial charge in [0.25, 0.3) is 0 Å². The fraction of sp³-hybridized carbons (Fsp3) is 0.500. The smallest absolute Gasteiger partial charge is 0.126 e. The molecule has 2 rings (SSSR count). The topological polar surface area (TPSA) is 29.5 Å². The molecule has 1 N–H and O–H groups in total. The van der Waals surface area contributed by atoms with Crippen molar-refractivity contribution >= 4 is 6.08 Å². The molecule has 0 atom stereocenters. The van der Waals surface area contributed by atoms with Crippen LogP contribution >= 0.6 is 0 Å². The molecule has 0 amide bonds. The number of aromatic hydroxyl groups is 1. The molecule has 22 heavy (non-hydrogen) atoms. The van der Waals surface area contributed by atoms with Gasteiger partial charge in [0.05, 0.1) is 7.11 Å². The van der Waals surface area contributed by atoms with E-state index >= 15 is 0 Å². The lowest BCUT2D eigenvalue weighted by Crippen LogP contribution is -2.02. The Kier molecular flexibility index (Phi) is 6.11. The van der Waals surface area contributed by atoms with Gasteiger partial charge in [-0.3, -0.25) is 0 Å². The Bertz CT molecular complexity index is 545. The summed E-state index contributed by atoms with van der Waals surface area (Å²) in [7, 11) is 1.66. The predicted octanol–water partition coefficient (Wildman–Crippen LogP) is 5.50. The second-order valence-electron chi connectivity index (χ2n) is 6.46. The van der Waals surface area contributed by atoms with Gasteiger partial charge in [-0.15, -0.1) is 0 Å². The van der Waals surface area contributed by atoms with Crippen LogP contribution in [0.4, 0.5) is 0 Å². The van der Waals surface area contributed by atoms with Crippen molar-refractivity contribution in [2.45, 2.75) is 52.4 Å². The minimum absolute atomic E-state index is 0.320. The molecule has 0 aliphatic heterocycles. The Morgan fingerprint density at radius 3 is 2.59 bits per heavy atom. The van der Waals surface area contributed by atoms with Crippen LogP contribution in [0.5, 0.6) is 11.5 Å². The third-order valence-electron chi connectivity index (χ3n) is 4.35. The number of phenols is 1. The number of hydrogen-bond donors (Lipinski definition) is 1. The van der Waals surface area contributed by atoms with E-state index in [2.05, 4.69) is 32.1 Å². The first kappa shape index (κ1) is 16.7. The summed E-state index contributed by atoms with van der Waals surface area (Å²) >= 11 is 0. The molecule has 0 aromatic heterocycles. The quantitative estimate of drug-likeness (QED) is 0.727. The third-order valence-corrected chi connectivity index (χ3v) is 4.35. The van der Waals surface area contributed by atoms with Gasteiger partial charge in [0.2, 0.25) is 0 Å². The minimum atomic E-state index is 0.320. The van der Waals surface area contributed by atoms with Crippen molar-refractivity contribution in [3.05, 3.63) is 41.0 Å². The SMILES string of the molecule is COc1cc(C=CC2CCCCC2)cc(O)c1CC=C(C)C. The molecule has 0 spiro atoms. The summed E-state index contributed by atoms with van der Waals surface area (Å²) in [6.45, 7) is 4.12. The molecule has 0 radical (unpaired) electrons. The zero-order valence-electron chi connectivity index (χ0n) is 14.1. The zero-order valence-corrected chi connectivity index (χ0v) is 14.1. The maximum absolute atomic E-state index is 10.3. The summed E-state index contributed by atoms with van der Waals surface area (Å²) in [4.78, 5) is 0. The van der Waals surface area contributed by atoms with Crippen molar-refractivity contribution in [1.82, 2.24) is 0 Å². The number of hydrogen-bond acceptors (Lipinski definition) is 2. The van der Waals surface area contributed by atoms with Crippen molar-refractivity contribution < 1.29 is 9.84 Å². The van der Waals surface area contributed by atoms with Gasteiger partial charge in [-0.05, 0) is 56.7 Å². The van der Waals surface area contributed by atoms with Gasteiger partial charge in [-0.25, -0.2) is 0 Å². The first-order chi connectivity index (χ1) is 10.6. The van der Waals surface area contributed by atoms with Gasteiger partial charge in [-0.2, -0.15) is 0 Å². The maximum Gasteiger partial charge on any atom is 0.126 e. The summed E-state index contributed by atoms with van der Waals surface area (Å²) in [5.74, 6) is 1.77. The number of benzene rings is 1. The van der Waals surface area contributed by atoms with E-state index in [9.17, 15) is 5.11 Å². The highest BCUT2D eigenvalue weighted by Crippen LogP contribution is 2.32. The average molecular weight is 300 g/mol. The molecule has 1 fully saturated rings. The Morgan fingerprint density at radius 2 is 1.95 bits per heavy atom. The number of ether oxygens (including phenoxy) is 1. The van der Waals surface area contributed by atoms with Crippen LogP contribution in [0.25, 0.3) is 6.08 Å². The van der Waals surface area contributed by atoms with Crippen LogP contribution < -0.4 is 4.74 Å². The number of methoxy groups -OCH3 is 1. The highest BCUT2D eigenvalue weighted by molar-refractivity contribution is 5.59. The molecule has 0 saturated heterocycles. The van der Waals surface area contributed by atoms with Gasteiger partial charge in [0.1, 0.15) is 11.5 Å². The second kappa shape index (κ2) is 8.07. The number of phenolic OH excluding ortho intramolecular Hbond substituents is 1. The Hall–Kier alpha value is -1.70. The Labute approximate surface area is 134 Å². The molecule has 1 aliphatic rings. The van der Waals surface area contributed by atoms with Crippen molar-refractivity contribution in [3.8, 4) is 11.5 Å². The van der Waals surface area contributed by atoms with Crippen LogP contribution in [0, 0.1) is 5.92 Å². The molecule has 120 valence electrons. The molecule has 1 aromatic rings. The fourth-order valence-electron chi connectivity index (χ4n) is 3.01. The summed E-state index contributed by atoms with van der Waals surface area (Å²) in [5, 5.41) is 10.3.